The van der Waals surface area contributed by atoms with Gasteiger partial charge >= 0.3 is 0 Å². The molecule has 1 unspecified atom stereocenters. The molecule has 0 amide bonds. The number of rotatable bonds is 2. The predicted octanol–water partition coefficient (Wildman–Crippen LogP) is 3.25. The predicted molar refractivity (Wildman–Crippen MR) is 74.5 cm³/mol. The molecule has 1 saturated heterocycles. The van der Waals surface area contributed by atoms with Gasteiger partial charge in [0.25, 0.3) is 0 Å². The van der Waals surface area contributed by atoms with Gasteiger partial charge in [0.05, 0.1) is 18.8 Å². The van der Waals surface area contributed by atoms with E-state index in [1.807, 2.05) is 18.2 Å². The molecule has 1 aromatic rings. The van der Waals surface area contributed by atoms with Crippen molar-refractivity contribution in [3.63, 3.8) is 0 Å². The number of fused-ring (bicyclic) bond motifs is 1. The van der Waals surface area contributed by atoms with Gasteiger partial charge in [-0.2, -0.15) is 0 Å². The van der Waals surface area contributed by atoms with Crippen LogP contribution in [0.4, 0.5) is 0 Å². The highest BCUT2D eigenvalue weighted by atomic mass is 16.5. The largest absolute Gasteiger partial charge is 0.375 e. The van der Waals surface area contributed by atoms with E-state index in [4.69, 9.17) is 9.47 Å². The first-order valence-electron chi connectivity index (χ1n) is 7.64. The summed E-state index contributed by atoms with van der Waals surface area (Å²) in [6.07, 6.45) is 5.30. The maximum absolute atomic E-state index is 12.7. The molecule has 1 atom stereocenters. The molecule has 1 spiro atoms. The van der Waals surface area contributed by atoms with Gasteiger partial charge in [-0.15, -0.1) is 0 Å². The average molecular weight is 272 g/mol. The second-order valence-corrected chi connectivity index (χ2v) is 6.42. The number of ketones is 1. The second-order valence-electron chi connectivity index (χ2n) is 6.42. The molecule has 3 heteroatoms. The van der Waals surface area contributed by atoms with E-state index < -0.39 is 0 Å². The van der Waals surface area contributed by atoms with Gasteiger partial charge in [-0.25, -0.2) is 0 Å². The number of carbonyl (C=O) groups excluding carboxylic acids is 1. The van der Waals surface area contributed by atoms with Gasteiger partial charge < -0.3 is 9.47 Å². The standard InChI is InChI=1S/C17H20O3/c18-16(12-2-3-14-10-19-11-15(14)8-12)13-4-7-20-17(9-13)5-1-6-17/h2-3,8,13H,1,4-7,9-11H2. The van der Waals surface area contributed by atoms with Crippen LogP contribution in [-0.4, -0.2) is 18.0 Å². The van der Waals surface area contributed by atoms with Crippen LogP contribution in [0.15, 0.2) is 18.2 Å². The van der Waals surface area contributed by atoms with Crippen LogP contribution in [0.25, 0.3) is 0 Å². The van der Waals surface area contributed by atoms with E-state index in [0.717, 1.165) is 37.9 Å². The monoisotopic (exact) mass is 272 g/mol. The minimum Gasteiger partial charge on any atom is -0.375 e. The third kappa shape index (κ3) is 2.00. The fourth-order valence-electron chi connectivity index (χ4n) is 3.73. The molecule has 0 aromatic heterocycles. The van der Waals surface area contributed by atoms with Gasteiger partial charge in [0.2, 0.25) is 0 Å². The molecule has 0 radical (unpaired) electrons. The SMILES string of the molecule is O=C(c1ccc2c(c1)COC2)C1CCOC2(CCC2)C1. The average Bonchev–Trinajstić information content (AvgIpc) is 2.92. The van der Waals surface area contributed by atoms with Crippen LogP contribution in [0.1, 0.15) is 53.6 Å². The summed E-state index contributed by atoms with van der Waals surface area (Å²) in [6.45, 7) is 2.07. The van der Waals surface area contributed by atoms with Crippen molar-refractivity contribution in [2.45, 2.75) is 50.9 Å². The Morgan fingerprint density at radius 2 is 2.05 bits per heavy atom. The zero-order valence-corrected chi connectivity index (χ0v) is 11.7. The third-order valence-electron chi connectivity index (χ3n) is 5.13. The number of carbonyl (C=O) groups is 1. The fourth-order valence-corrected chi connectivity index (χ4v) is 3.73. The van der Waals surface area contributed by atoms with Crippen molar-refractivity contribution in [2.75, 3.05) is 6.61 Å². The lowest BCUT2D eigenvalue weighted by molar-refractivity contribution is -0.137. The summed E-state index contributed by atoms with van der Waals surface area (Å²) in [5.74, 6) is 0.443. The third-order valence-corrected chi connectivity index (χ3v) is 5.13. The summed E-state index contributed by atoms with van der Waals surface area (Å²) in [5.41, 5.74) is 3.30. The van der Waals surface area contributed by atoms with Gasteiger partial charge in [0, 0.05) is 18.1 Å². The van der Waals surface area contributed by atoms with Gasteiger partial charge in [0.15, 0.2) is 5.78 Å². The van der Waals surface area contributed by atoms with Crippen LogP contribution in [-0.2, 0) is 22.7 Å². The molecular formula is C17H20O3. The van der Waals surface area contributed by atoms with Crippen LogP contribution in [0.2, 0.25) is 0 Å². The maximum atomic E-state index is 12.7. The molecule has 106 valence electrons. The van der Waals surface area contributed by atoms with Crippen molar-refractivity contribution in [2.24, 2.45) is 5.92 Å². The highest BCUT2D eigenvalue weighted by molar-refractivity contribution is 5.98. The lowest BCUT2D eigenvalue weighted by atomic mass is 9.70. The molecule has 0 N–H and O–H groups in total. The van der Waals surface area contributed by atoms with Crippen molar-refractivity contribution in [1.82, 2.24) is 0 Å². The lowest BCUT2D eigenvalue weighted by Gasteiger charge is -2.46. The van der Waals surface area contributed by atoms with E-state index in [2.05, 4.69) is 0 Å². The summed E-state index contributed by atoms with van der Waals surface area (Å²) < 4.78 is 11.3. The normalized spacial score (nSPS) is 27.1. The van der Waals surface area contributed by atoms with Gasteiger partial charge in [0.1, 0.15) is 0 Å². The first kappa shape index (κ1) is 12.5. The minimum atomic E-state index is 0.0401. The van der Waals surface area contributed by atoms with Crippen LogP contribution >= 0.6 is 0 Å². The first-order valence-corrected chi connectivity index (χ1v) is 7.64. The number of ether oxygens (including phenoxy) is 2. The van der Waals surface area contributed by atoms with Crippen LogP contribution in [0.5, 0.6) is 0 Å². The molecular weight excluding hydrogens is 252 g/mol. The Labute approximate surface area is 119 Å². The van der Waals surface area contributed by atoms with Crippen molar-refractivity contribution in [1.29, 1.82) is 0 Å². The smallest absolute Gasteiger partial charge is 0.166 e. The molecule has 1 aromatic carbocycles. The topological polar surface area (TPSA) is 35.5 Å². The molecule has 2 heterocycles. The zero-order chi connectivity index (χ0) is 13.6. The number of hydrogen-bond acceptors (Lipinski definition) is 3. The number of benzene rings is 1. The van der Waals surface area contributed by atoms with E-state index in [1.54, 1.807) is 0 Å². The molecule has 2 aliphatic heterocycles. The molecule has 4 rings (SSSR count). The van der Waals surface area contributed by atoms with E-state index in [0.29, 0.717) is 19.0 Å². The summed E-state index contributed by atoms with van der Waals surface area (Å²) in [7, 11) is 0. The van der Waals surface area contributed by atoms with Crippen LogP contribution in [0, 0.1) is 5.92 Å². The fraction of sp³-hybridized carbons (Fsp3) is 0.588. The van der Waals surface area contributed by atoms with Crippen molar-refractivity contribution in [3.8, 4) is 0 Å². The quantitative estimate of drug-likeness (QED) is 0.775. The van der Waals surface area contributed by atoms with Gasteiger partial charge in [-0.05, 0) is 49.3 Å². The molecule has 3 nitrogen and oxygen atoms in total. The van der Waals surface area contributed by atoms with Gasteiger partial charge in [-0.1, -0.05) is 12.1 Å². The Morgan fingerprint density at radius 1 is 1.20 bits per heavy atom. The minimum absolute atomic E-state index is 0.0401. The Hall–Kier alpha value is -1.19. The van der Waals surface area contributed by atoms with Crippen LogP contribution < -0.4 is 0 Å². The Bertz CT molecular complexity index is 545. The highest BCUT2D eigenvalue weighted by Gasteiger charge is 2.44. The van der Waals surface area contributed by atoms with Crippen molar-refractivity contribution < 1.29 is 14.3 Å². The Kier molecular flexibility index (Phi) is 2.93. The van der Waals surface area contributed by atoms with E-state index in [-0.39, 0.29) is 11.5 Å². The Balaban J connectivity index is 1.54. The lowest BCUT2D eigenvalue weighted by Crippen LogP contribution is -2.47. The highest BCUT2D eigenvalue weighted by Crippen LogP contribution is 2.45. The van der Waals surface area contributed by atoms with Crippen molar-refractivity contribution >= 4 is 5.78 Å². The molecule has 0 bridgehead atoms. The molecule has 2 fully saturated rings. The number of Topliss-reactive ketones (excluding diaryl/α,β-unsaturated/α-hetero) is 1. The van der Waals surface area contributed by atoms with Crippen molar-refractivity contribution in [3.05, 3.63) is 34.9 Å². The summed E-state index contributed by atoms with van der Waals surface area (Å²) in [6, 6.07) is 6.06. The van der Waals surface area contributed by atoms with Gasteiger partial charge in [-0.3, -0.25) is 4.79 Å². The molecule has 20 heavy (non-hydrogen) atoms. The number of hydrogen-bond donors (Lipinski definition) is 0. The molecule has 3 aliphatic rings. The van der Waals surface area contributed by atoms with E-state index >= 15 is 0 Å². The maximum Gasteiger partial charge on any atom is 0.166 e. The van der Waals surface area contributed by atoms with Crippen LogP contribution in [0.3, 0.4) is 0 Å². The first-order chi connectivity index (χ1) is 9.76. The van der Waals surface area contributed by atoms with E-state index in [9.17, 15) is 4.79 Å². The summed E-state index contributed by atoms with van der Waals surface area (Å²) >= 11 is 0. The van der Waals surface area contributed by atoms with E-state index in [1.165, 1.54) is 17.5 Å². The zero-order valence-electron chi connectivity index (χ0n) is 11.7. The Morgan fingerprint density at radius 3 is 2.85 bits per heavy atom. The summed E-state index contributed by atoms with van der Waals surface area (Å²) in [4.78, 5) is 12.7. The second kappa shape index (κ2) is 4.68. The summed E-state index contributed by atoms with van der Waals surface area (Å²) in [5, 5.41) is 0. The molecule has 1 saturated carbocycles. The molecule has 1 aliphatic carbocycles.